The van der Waals surface area contributed by atoms with Crippen molar-refractivity contribution in [3.05, 3.63) is 93.0 Å². The SMILES string of the molecule is Cc1ccc(NN=Cc2cccc(OCc3c(Cl)cccc3Cl)c2)cc1C. The van der Waals surface area contributed by atoms with Gasteiger partial charge in [0.1, 0.15) is 12.4 Å². The molecule has 3 rings (SSSR count). The maximum Gasteiger partial charge on any atom is 0.120 e. The first-order valence-electron chi connectivity index (χ1n) is 8.55. The van der Waals surface area contributed by atoms with Crippen molar-refractivity contribution in [3.8, 4) is 5.75 Å². The van der Waals surface area contributed by atoms with Crippen molar-refractivity contribution >= 4 is 35.1 Å². The molecular formula is C22H20Cl2N2O. The maximum atomic E-state index is 6.18. The van der Waals surface area contributed by atoms with Crippen LogP contribution in [0.5, 0.6) is 5.75 Å². The average molecular weight is 399 g/mol. The van der Waals surface area contributed by atoms with E-state index in [-0.39, 0.29) is 0 Å². The van der Waals surface area contributed by atoms with Gasteiger partial charge in [0.15, 0.2) is 0 Å². The fourth-order valence-corrected chi connectivity index (χ4v) is 3.01. The molecule has 0 heterocycles. The summed E-state index contributed by atoms with van der Waals surface area (Å²) in [5, 5.41) is 5.49. The molecule has 0 spiro atoms. The van der Waals surface area contributed by atoms with E-state index >= 15 is 0 Å². The van der Waals surface area contributed by atoms with Gasteiger partial charge in [0, 0.05) is 15.6 Å². The molecule has 0 atom stereocenters. The summed E-state index contributed by atoms with van der Waals surface area (Å²) >= 11 is 12.4. The van der Waals surface area contributed by atoms with E-state index in [9.17, 15) is 0 Å². The molecule has 0 aliphatic heterocycles. The predicted octanol–water partition coefficient (Wildman–Crippen LogP) is 6.64. The van der Waals surface area contributed by atoms with Gasteiger partial charge in [-0.25, -0.2) is 0 Å². The summed E-state index contributed by atoms with van der Waals surface area (Å²) < 4.78 is 5.84. The Morgan fingerprint density at radius 3 is 2.41 bits per heavy atom. The third kappa shape index (κ3) is 5.25. The number of nitrogens with zero attached hydrogens (tertiary/aromatic N) is 1. The van der Waals surface area contributed by atoms with Crippen molar-refractivity contribution in [2.24, 2.45) is 5.10 Å². The number of hydrazone groups is 1. The summed E-state index contributed by atoms with van der Waals surface area (Å²) in [5.74, 6) is 0.723. The van der Waals surface area contributed by atoms with Gasteiger partial charge in [-0.3, -0.25) is 5.43 Å². The van der Waals surface area contributed by atoms with Gasteiger partial charge in [-0.2, -0.15) is 5.10 Å². The van der Waals surface area contributed by atoms with Crippen LogP contribution in [-0.4, -0.2) is 6.21 Å². The zero-order valence-electron chi connectivity index (χ0n) is 15.2. The number of hydrogen-bond donors (Lipinski definition) is 1. The molecule has 3 aromatic rings. The molecule has 0 saturated carbocycles. The average Bonchev–Trinajstić information content (AvgIpc) is 2.65. The maximum absolute atomic E-state index is 6.18. The second-order valence-electron chi connectivity index (χ2n) is 6.23. The molecule has 0 fully saturated rings. The molecule has 0 amide bonds. The molecule has 138 valence electrons. The molecule has 27 heavy (non-hydrogen) atoms. The lowest BCUT2D eigenvalue weighted by Crippen LogP contribution is -1.98. The zero-order chi connectivity index (χ0) is 19.2. The topological polar surface area (TPSA) is 33.6 Å². The van der Waals surface area contributed by atoms with Crippen molar-refractivity contribution in [2.75, 3.05) is 5.43 Å². The van der Waals surface area contributed by atoms with Crippen molar-refractivity contribution in [2.45, 2.75) is 20.5 Å². The van der Waals surface area contributed by atoms with E-state index in [0.717, 1.165) is 22.6 Å². The second kappa shape index (κ2) is 8.94. The van der Waals surface area contributed by atoms with E-state index in [1.807, 2.05) is 36.4 Å². The molecule has 0 saturated heterocycles. The number of rotatable bonds is 6. The molecule has 0 aromatic heterocycles. The summed E-state index contributed by atoms with van der Waals surface area (Å²) in [6, 6.07) is 19.2. The monoisotopic (exact) mass is 398 g/mol. The van der Waals surface area contributed by atoms with Crippen LogP contribution in [0.25, 0.3) is 0 Å². The molecule has 0 aliphatic carbocycles. The number of halogens is 2. The first-order chi connectivity index (χ1) is 13.0. The van der Waals surface area contributed by atoms with Gasteiger partial charge < -0.3 is 4.74 Å². The van der Waals surface area contributed by atoms with Gasteiger partial charge in [0.2, 0.25) is 0 Å². The third-order valence-electron chi connectivity index (χ3n) is 4.22. The molecule has 0 unspecified atom stereocenters. The Morgan fingerprint density at radius 2 is 1.67 bits per heavy atom. The Labute approximate surface area is 169 Å². The van der Waals surface area contributed by atoms with Gasteiger partial charge in [0.05, 0.1) is 11.9 Å². The summed E-state index contributed by atoms with van der Waals surface area (Å²) in [4.78, 5) is 0. The highest BCUT2D eigenvalue weighted by Gasteiger charge is 2.06. The number of hydrogen-bond acceptors (Lipinski definition) is 3. The Hall–Kier alpha value is -2.49. The number of nitrogens with one attached hydrogen (secondary N) is 1. The van der Waals surface area contributed by atoms with E-state index in [0.29, 0.717) is 16.7 Å². The summed E-state index contributed by atoms with van der Waals surface area (Å²) in [5.41, 5.74) is 8.18. The van der Waals surface area contributed by atoms with E-state index < -0.39 is 0 Å². The van der Waals surface area contributed by atoms with E-state index in [1.54, 1.807) is 18.3 Å². The van der Waals surface area contributed by atoms with Crippen LogP contribution in [0.3, 0.4) is 0 Å². The quantitative estimate of drug-likeness (QED) is 0.373. The lowest BCUT2D eigenvalue weighted by molar-refractivity contribution is 0.306. The number of anilines is 1. The van der Waals surface area contributed by atoms with Crippen LogP contribution in [0.1, 0.15) is 22.3 Å². The minimum absolute atomic E-state index is 0.306. The lowest BCUT2D eigenvalue weighted by Gasteiger charge is -2.10. The molecule has 0 radical (unpaired) electrons. The number of ether oxygens (including phenoxy) is 1. The number of benzene rings is 3. The Morgan fingerprint density at radius 1 is 0.926 bits per heavy atom. The number of aryl methyl sites for hydroxylation is 2. The third-order valence-corrected chi connectivity index (χ3v) is 4.93. The summed E-state index contributed by atoms with van der Waals surface area (Å²) in [6.07, 6.45) is 1.75. The van der Waals surface area contributed by atoms with Crippen LogP contribution in [0, 0.1) is 13.8 Å². The molecular weight excluding hydrogens is 379 g/mol. The summed E-state index contributed by atoms with van der Waals surface area (Å²) in [7, 11) is 0. The van der Waals surface area contributed by atoms with Crippen molar-refractivity contribution in [1.29, 1.82) is 0 Å². The smallest absolute Gasteiger partial charge is 0.120 e. The molecule has 0 bridgehead atoms. The van der Waals surface area contributed by atoms with Crippen molar-refractivity contribution in [3.63, 3.8) is 0 Å². The van der Waals surface area contributed by atoms with E-state index in [2.05, 4.69) is 36.5 Å². The standard InChI is InChI=1S/C22H20Cl2N2O/c1-15-9-10-18(11-16(15)2)26-25-13-17-5-3-6-19(12-17)27-14-20-21(23)7-4-8-22(20)24/h3-13,26H,14H2,1-2H3. The van der Waals surface area contributed by atoms with Gasteiger partial charge in [-0.1, -0.05) is 47.5 Å². The van der Waals surface area contributed by atoms with Crippen LogP contribution < -0.4 is 10.2 Å². The normalized spacial score (nSPS) is 11.0. The van der Waals surface area contributed by atoms with Crippen molar-refractivity contribution in [1.82, 2.24) is 0 Å². The Bertz CT molecular complexity index is 950. The first kappa shape index (κ1) is 19.3. The Balaban J connectivity index is 1.64. The largest absolute Gasteiger partial charge is 0.489 e. The summed E-state index contributed by atoms with van der Waals surface area (Å²) in [6.45, 7) is 4.47. The van der Waals surface area contributed by atoms with Crippen LogP contribution in [0.4, 0.5) is 5.69 Å². The van der Waals surface area contributed by atoms with Crippen LogP contribution in [-0.2, 0) is 6.61 Å². The van der Waals surface area contributed by atoms with Crippen LogP contribution in [0.2, 0.25) is 10.0 Å². The predicted molar refractivity (Wildman–Crippen MR) is 114 cm³/mol. The fraction of sp³-hybridized carbons (Fsp3) is 0.136. The van der Waals surface area contributed by atoms with Gasteiger partial charge in [-0.05, 0) is 66.9 Å². The first-order valence-corrected chi connectivity index (χ1v) is 9.30. The minimum atomic E-state index is 0.306. The van der Waals surface area contributed by atoms with Gasteiger partial charge in [-0.15, -0.1) is 0 Å². The minimum Gasteiger partial charge on any atom is -0.489 e. The van der Waals surface area contributed by atoms with Gasteiger partial charge in [0.25, 0.3) is 0 Å². The molecule has 1 N–H and O–H groups in total. The molecule has 5 heteroatoms. The van der Waals surface area contributed by atoms with Gasteiger partial charge >= 0.3 is 0 Å². The van der Waals surface area contributed by atoms with E-state index in [4.69, 9.17) is 27.9 Å². The molecule has 3 nitrogen and oxygen atoms in total. The second-order valence-corrected chi connectivity index (χ2v) is 7.04. The van der Waals surface area contributed by atoms with Crippen LogP contribution >= 0.6 is 23.2 Å². The molecule has 3 aromatic carbocycles. The van der Waals surface area contributed by atoms with Crippen molar-refractivity contribution < 1.29 is 4.74 Å². The van der Waals surface area contributed by atoms with Crippen LogP contribution in [0.15, 0.2) is 65.8 Å². The van der Waals surface area contributed by atoms with E-state index in [1.165, 1.54) is 11.1 Å². The highest BCUT2D eigenvalue weighted by molar-refractivity contribution is 6.35. The zero-order valence-corrected chi connectivity index (χ0v) is 16.7. The Kier molecular flexibility index (Phi) is 6.38. The molecule has 0 aliphatic rings. The lowest BCUT2D eigenvalue weighted by atomic mass is 10.1. The highest BCUT2D eigenvalue weighted by Crippen LogP contribution is 2.26. The fourth-order valence-electron chi connectivity index (χ4n) is 2.50. The highest BCUT2D eigenvalue weighted by atomic mass is 35.5.